The fraction of sp³-hybridized carbons (Fsp3) is 0.353. The Hall–Kier alpha value is -1.58. The lowest BCUT2D eigenvalue weighted by Gasteiger charge is -2.15. The fourth-order valence-corrected chi connectivity index (χ4v) is 2.43. The van der Waals surface area contributed by atoms with E-state index in [1.807, 2.05) is 37.5 Å². The van der Waals surface area contributed by atoms with Crippen LogP contribution in [0.5, 0.6) is 5.75 Å². The van der Waals surface area contributed by atoms with Crippen molar-refractivity contribution in [1.29, 1.82) is 0 Å². The van der Waals surface area contributed by atoms with Crippen LogP contribution in [0.15, 0.2) is 36.7 Å². The monoisotopic (exact) mass is 304 g/mol. The van der Waals surface area contributed by atoms with E-state index in [2.05, 4.69) is 30.2 Å². The van der Waals surface area contributed by atoms with Crippen LogP contribution in [0, 0.1) is 6.92 Å². The van der Waals surface area contributed by atoms with Crippen molar-refractivity contribution in [1.82, 2.24) is 10.3 Å². The van der Waals surface area contributed by atoms with Crippen molar-refractivity contribution >= 4 is 11.6 Å². The molecule has 21 heavy (non-hydrogen) atoms. The van der Waals surface area contributed by atoms with E-state index in [1.165, 1.54) is 0 Å². The zero-order valence-corrected chi connectivity index (χ0v) is 13.4. The van der Waals surface area contributed by atoms with Crippen molar-refractivity contribution in [2.75, 3.05) is 6.54 Å². The molecule has 1 atom stereocenters. The lowest BCUT2D eigenvalue weighted by Crippen LogP contribution is -2.17. The minimum atomic E-state index is 0.280. The highest BCUT2D eigenvalue weighted by Gasteiger charge is 2.08. The summed E-state index contributed by atoms with van der Waals surface area (Å²) in [5.41, 5.74) is 3.32. The van der Waals surface area contributed by atoms with Gasteiger partial charge in [0.2, 0.25) is 0 Å². The van der Waals surface area contributed by atoms with E-state index in [-0.39, 0.29) is 6.04 Å². The van der Waals surface area contributed by atoms with Crippen LogP contribution in [-0.2, 0) is 6.61 Å². The summed E-state index contributed by atoms with van der Waals surface area (Å²) in [5.74, 6) is 0.700. The number of aryl methyl sites for hydroxylation is 1. The molecule has 2 aromatic rings. The largest absolute Gasteiger partial charge is 0.487 e. The summed E-state index contributed by atoms with van der Waals surface area (Å²) < 4.78 is 5.78. The van der Waals surface area contributed by atoms with Gasteiger partial charge in [0, 0.05) is 24.0 Å². The molecule has 0 bridgehead atoms. The second kappa shape index (κ2) is 7.43. The van der Waals surface area contributed by atoms with Crippen molar-refractivity contribution in [2.24, 2.45) is 0 Å². The third-order valence-corrected chi connectivity index (χ3v) is 3.59. The van der Waals surface area contributed by atoms with Crippen LogP contribution in [0.25, 0.3) is 0 Å². The maximum Gasteiger partial charge on any atom is 0.138 e. The SMILES string of the molecule is CCNC(C)c1ccc(OCc2cncc(C)c2)c(Cl)c1. The van der Waals surface area contributed by atoms with E-state index in [4.69, 9.17) is 16.3 Å². The van der Waals surface area contributed by atoms with Gasteiger partial charge in [-0.2, -0.15) is 0 Å². The minimum absolute atomic E-state index is 0.280. The molecule has 0 amide bonds. The van der Waals surface area contributed by atoms with E-state index in [1.54, 1.807) is 0 Å². The van der Waals surface area contributed by atoms with E-state index < -0.39 is 0 Å². The van der Waals surface area contributed by atoms with Crippen molar-refractivity contribution in [3.8, 4) is 5.75 Å². The molecule has 1 heterocycles. The number of nitrogens with one attached hydrogen (secondary N) is 1. The van der Waals surface area contributed by atoms with Gasteiger partial charge in [-0.25, -0.2) is 0 Å². The molecule has 0 aliphatic rings. The Labute approximate surface area is 131 Å². The predicted octanol–water partition coefficient (Wildman–Crippen LogP) is 4.29. The summed E-state index contributed by atoms with van der Waals surface area (Å²) in [6.07, 6.45) is 3.63. The van der Waals surface area contributed by atoms with Crippen molar-refractivity contribution in [3.05, 3.63) is 58.4 Å². The normalized spacial score (nSPS) is 12.2. The Bertz CT molecular complexity index is 601. The van der Waals surface area contributed by atoms with Crippen LogP contribution in [0.3, 0.4) is 0 Å². The maximum absolute atomic E-state index is 6.30. The van der Waals surface area contributed by atoms with Gasteiger partial charge in [-0.3, -0.25) is 4.98 Å². The highest BCUT2D eigenvalue weighted by molar-refractivity contribution is 6.32. The molecule has 0 fully saturated rings. The molecule has 1 aromatic carbocycles. The van der Waals surface area contributed by atoms with Crippen LogP contribution in [-0.4, -0.2) is 11.5 Å². The minimum Gasteiger partial charge on any atom is -0.487 e. The molecule has 2 rings (SSSR count). The number of hydrogen-bond donors (Lipinski definition) is 1. The quantitative estimate of drug-likeness (QED) is 0.864. The van der Waals surface area contributed by atoms with Gasteiger partial charge in [0.05, 0.1) is 5.02 Å². The summed E-state index contributed by atoms with van der Waals surface area (Å²) >= 11 is 6.30. The Morgan fingerprint density at radius 2 is 2.10 bits per heavy atom. The maximum atomic E-state index is 6.30. The van der Waals surface area contributed by atoms with Gasteiger partial charge in [-0.1, -0.05) is 24.6 Å². The van der Waals surface area contributed by atoms with Crippen LogP contribution in [0.1, 0.15) is 36.6 Å². The number of rotatable bonds is 6. The Morgan fingerprint density at radius 1 is 1.29 bits per heavy atom. The average Bonchev–Trinajstić information content (AvgIpc) is 2.46. The van der Waals surface area contributed by atoms with E-state index in [0.717, 1.165) is 23.2 Å². The fourth-order valence-electron chi connectivity index (χ4n) is 2.19. The van der Waals surface area contributed by atoms with E-state index in [0.29, 0.717) is 17.4 Å². The first-order valence-electron chi connectivity index (χ1n) is 7.16. The lowest BCUT2D eigenvalue weighted by atomic mass is 10.1. The molecule has 0 aliphatic carbocycles. The first-order chi connectivity index (χ1) is 10.1. The molecular weight excluding hydrogens is 284 g/mol. The predicted molar refractivity (Wildman–Crippen MR) is 86.8 cm³/mol. The van der Waals surface area contributed by atoms with Crippen LogP contribution >= 0.6 is 11.6 Å². The number of hydrogen-bond acceptors (Lipinski definition) is 3. The molecule has 0 spiro atoms. The van der Waals surface area contributed by atoms with Crippen molar-refractivity contribution in [3.63, 3.8) is 0 Å². The van der Waals surface area contributed by atoms with Crippen LogP contribution < -0.4 is 10.1 Å². The second-order valence-electron chi connectivity index (χ2n) is 5.13. The lowest BCUT2D eigenvalue weighted by molar-refractivity contribution is 0.305. The first-order valence-corrected chi connectivity index (χ1v) is 7.54. The van der Waals surface area contributed by atoms with Gasteiger partial charge in [0.1, 0.15) is 12.4 Å². The third kappa shape index (κ3) is 4.45. The zero-order chi connectivity index (χ0) is 15.2. The third-order valence-electron chi connectivity index (χ3n) is 3.29. The van der Waals surface area contributed by atoms with Gasteiger partial charge >= 0.3 is 0 Å². The van der Waals surface area contributed by atoms with Gasteiger partial charge < -0.3 is 10.1 Å². The molecular formula is C17H21ClN2O. The van der Waals surface area contributed by atoms with Gasteiger partial charge in [-0.05, 0) is 49.7 Å². The second-order valence-corrected chi connectivity index (χ2v) is 5.54. The molecule has 0 saturated heterocycles. The molecule has 0 radical (unpaired) electrons. The summed E-state index contributed by atoms with van der Waals surface area (Å²) in [4.78, 5) is 4.16. The number of halogens is 1. The number of aromatic nitrogens is 1. The molecule has 1 unspecified atom stereocenters. The van der Waals surface area contributed by atoms with Gasteiger partial charge in [0.25, 0.3) is 0 Å². The number of ether oxygens (including phenoxy) is 1. The molecule has 112 valence electrons. The first kappa shape index (κ1) is 15.8. The van der Waals surface area contributed by atoms with Crippen molar-refractivity contribution < 1.29 is 4.74 Å². The summed E-state index contributed by atoms with van der Waals surface area (Å²) in [6, 6.07) is 8.27. The Balaban J connectivity index is 2.04. The highest BCUT2D eigenvalue weighted by Crippen LogP contribution is 2.28. The summed E-state index contributed by atoms with van der Waals surface area (Å²) in [7, 11) is 0. The van der Waals surface area contributed by atoms with Gasteiger partial charge in [-0.15, -0.1) is 0 Å². The topological polar surface area (TPSA) is 34.1 Å². The Kier molecular flexibility index (Phi) is 5.59. The summed E-state index contributed by atoms with van der Waals surface area (Å²) in [6.45, 7) is 7.62. The van der Waals surface area contributed by atoms with E-state index >= 15 is 0 Å². The summed E-state index contributed by atoms with van der Waals surface area (Å²) in [5, 5.41) is 4.00. The smallest absolute Gasteiger partial charge is 0.138 e. The number of pyridine rings is 1. The van der Waals surface area contributed by atoms with Crippen LogP contribution in [0.2, 0.25) is 5.02 Å². The molecule has 1 aromatic heterocycles. The average molecular weight is 305 g/mol. The molecule has 0 aliphatic heterocycles. The standard InChI is InChI=1S/C17H21ClN2O/c1-4-20-13(3)15-5-6-17(16(18)8-15)21-11-14-7-12(2)9-19-10-14/h5-10,13,20H,4,11H2,1-3H3. The van der Waals surface area contributed by atoms with E-state index in [9.17, 15) is 0 Å². The zero-order valence-electron chi connectivity index (χ0n) is 12.7. The molecule has 0 saturated carbocycles. The van der Waals surface area contributed by atoms with Gasteiger partial charge in [0.15, 0.2) is 0 Å². The highest BCUT2D eigenvalue weighted by atomic mass is 35.5. The molecule has 3 nitrogen and oxygen atoms in total. The molecule has 4 heteroatoms. The molecule has 1 N–H and O–H groups in total. The van der Waals surface area contributed by atoms with Crippen LogP contribution in [0.4, 0.5) is 0 Å². The Morgan fingerprint density at radius 3 is 2.76 bits per heavy atom. The number of benzene rings is 1. The number of nitrogens with zero attached hydrogens (tertiary/aromatic N) is 1. The van der Waals surface area contributed by atoms with Crippen molar-refractivity contribution in [2.45, 2.75) is 33.4 Å².